The minimum atomic E-state index is -3.25. The molecule has 5 rings (SSSR count). The number of imidazole rings is 1. The molecule has 40 heavy (non-hydrogen) atoms. The zero-order chi connectivity index (χ0) is 28.9. The molecule has 0 radical (unpaired) electrons. The molecule has 2 aromatic heterocycles. The number of ether oxygens (including phenoxy) is 3. The van der Waals surface area contributed by atoms with Crippen LogP contribution in [0.5, 0.6) is 0 Å². The molecule has 16 heteroatoms. The number of nitriles is 1. The highest BCUT2D eigenvalue weighted by molar-refractivity contribution is 8.04. The fourth-order valence-corrected chi connectivity index (χ4v) is 8.70. The minimum absolute atomic E-state index is 0.0312. The van der Waals surface area contributed by atoms with Gasteiger partial charge in [0.05, 0.1) is 36.8 Å². The number of hydrogen-bond donors (Lipinski definition) is 1. The first-order valence-electron chi connectivity index (χ1n) is 13.0. The number of nitrogens with zero attached hydrogens (tertiary/aromatic N) is 4. The predicted octanol–water partition coefficient (Wildman–Crippen LogP) is 5.54. The average Bonchev–Trinajstić information content (AvgIpc) is 3.49. The van der Waals surface area contributed by atoms with Gasteiger partial charge in [-0.2, -0.15) is 5.26 Å². The van der Waals surface area contributed by atoms with Crippen LogP contribution >= 0.6 is 31.0 Å². The molecule has 1 saturated carbocycles. The van der Waals surface area contributed by atoms with Crippen molar-refractivity contribution >= 4 is 47.8 Å². The SMILES string of the molecule is CCOP(=O)(CSC[C@H]1O[C@@H](n2cnc3c(NC4CC(F)(F)C4)c(C#N)c(Cl)nc32)[C@@H]2OC(C)(C)O[C@@H]21)OCC. The summed E-state index contributed by atoms with van der Waals surface area (Å²) in [5.41, 5.74) is 1.05. The van der Waals surface area contributed by atoms with Crippen molar-refractivity contribution in [1.29, 1.82) is 5.26 Å². The van der Waals surface area contributed by atoms with Crippen LogP contribution in [-0.2, 0) is 27.8 Å². The van der Waals surface area contributed by atoms with Crippen LogP contribution in [0.1, 0.15) is 52.3 Å². The molecule has 220 valence electrons. The van der Waals surface area contributed by atoms with Gasteiger partial charge < -0.3 is 28.6 Å². The smallest absolute Gasteiger partial charge is 0.340 e. The van der Waals surface area contributed by atoms with Crippen molar-refractivity contribution in [2.24, 2.45) is 0 Å². The minimum Gasteiger partial charge on any atom is -0.379 e. The van der Waals surface area contributed by atoms with Crippen molar-refractivity contribution in [1.82, 2.24) is 14.5 Å². The number of halogens is 3. The number of fused-ring (bicyclic) bond motifs is 2. The summed E-state index contributed by atoms with van der Waals surface area (Å²) >= 11 is 7.75. The molecule has 0 amide bonds. The molecular weight excluding hydrogens is 591 g/mol. The van der Waals surface area contributed by atoms with Gasteiger partial charge in [0.25, 0.3) is 5.92 Å². The van der Waals surface area contributed by atoms with Gasteiger partial charge in [-0.25, -0.2) is 18.7 Å². The number of aromatic nitrogens is 3. The van der Waals surface area contributed by atoms with Crippen LogP contribution in [-0.4, -0.2) is 75.1 Å². The number of rotatable bonds is 11. The molecule has 0 unspecified atom stereocenters. The van der Waals surface area contributed by atoms with Crippen LogP contribution in [0.15, 0.2) is 6.33 Å². The van der Waals surface area contributed by atoms with E-state index < -0.39 is 49.9 Å². The Hall–Kier alpha value is -1.56. The molecule has 0 aromatic carbocycles. The molecule has 4 heterocycles. The van der Waals surface area contributed by atoms with E-state index in [9.17, 15) is 18.6 Å². The third-order valence-electron chi connectivity index (χ3n) is 6.80. The van der Waals surface area contributed by atoms with Crippen molar-refractivity contribution < 1.29 is 36.6 Å². The second-order valence-electron chi connectivity index (χ2n) is 10.3. The molecular formula is C24H31ClF2N5O6PS. The summed E-state index contributed by atoms with van der Waals surface area (Å²) in [6.07, 6.45) is -1.36. The lowest BCUT2D eigenvalue weighted by Gasteiger charge is -2.36. The Labute approximate surface area is 239 Å². The predicted molar refractivity (Wildman–Crippen MR) is 145 cm³/mol. The van der Waals surface area contributed by atoms with Crippen LogP contribution < -0.4 is 5.32 Å². The number of anilines is 1. The summed E-state index contributed by atoms with van der Waals surface area (Å²) in [6, 6.07) is 1.47. The molecule has 0 spiro atoms. The Bertz CT molecular complexity index is 1340. The Morgan fingerprint density at radius 1 is 1.27 bits per heavy atom. The highest BCUT2D eigenvalue weighted by Crippen LogP contribution is 2.52. The van der Waals surface area contributed by atoms with E-state index >= 15 is 0 Å². The largest absolute Gasteiger partial charge is 0.379 e. The van der Waals surface area contributed by atoms with Crippen LogP contribution in [0.4, 0.5) is 14.5 Å². The zero-order valence-electron chi connectivity index (χ0n) is 22.4. The van der Waals surface area contributed by atoms with Crippen LogP contribution in [0.25, 0.3) is 11.2 Å². The van der Waals surface area contributed by atoms with E-state index in [1.807, 2.05) is 19.9 Å². The summed E-state index contributed by atoms with van der Waals surface area (Å²) in [6.45, 7) is 7.67. The normalized spacial score (nSPS) is 27.4. The van der Waals surface area contributed by atoms with Gasteiger partial charge in [-0.15, -0.1) is 11.8 Å². The van der Waals surface area contributed by atoms with Crippen molar-refractivity contribution in [3.05, 3.63) is 17.0 Å². The molecule has 1 aliphatic carbocycles. The highest BCUT2D eigenvalue weighted by Gasteiger charge is 2.56. The number of nitrogens with one attached hydrogen (secondary N) is 1. The monoisotopic (exact) mass is 621 g/mol. The van der Waals surface area contributed by atoms with E-state index in [0.29, 0.717) is 16.9 Å². The number of hydrogen-bond acceptors (Lipinski definition) is 11. The van der Waals surface area contributed by atoms with Crippen molar-refractivity contribution in [2.75, 3.05) is 29.8 Å². The van der Waals surface area contributed by atoms with Gasteiger partial charge in [0.15, 0.2) is 22.8 Å². The van der Waals surface area contributed by atoms with Crippen molar-refractivity contribution in [2.45, 2.75) is 82.8 Å². The van der Waals surface area contributed by atoms with Gasteiger partial charge in [-0.3, -0.25) is 9.13 Å². The van der Waals surface area contributed by atoms with Gasteiger partial charge in [-0.1, -0.05) is 11.6 Å². The highest BCUT2D eigenvalue weighted by atomic mass is 35.5. The first-order chi connectivity index (χ1) is 18.9. The summed E-state index contributed by atoms with van der Waals surface area (Å²) in [4.78, 5) is 8.87. The van der Waals surface area contributed by atoms with E-state index in [4.69, 9.17) is 34.9 Å². The zero-order valence-corrected chi connectivity index (χ0v) is 24.9. The number of thioether (sulfide) groups is 1. The molecule has 3 aliphatic rings. The molecule has 11 nitrogen and oxygen atoms in total. The van der Waals surface area contributed by atoms with Crippen LogP contribution in [0, 0.1) is 11.3 Å². The standard InChI is InChI=1S/C24H31ClF2N5O6PS/c1-5-34-39(33,35-6-2)12-40-10-15-18-19(38-23(3,4)37-18)22(36-15)32-11-29-17-16(30-13-7-24(26,27)8-13)14(9-28)20(25)31-21(17)32/h11,13,15,18-19,22H,5-8,10,12H2,1-4H3,(H,30,31)/t15-,18-,19-,22-/m1/s1. The van der Waals surface area contributed by atoms with Crippen LogP contribution in [0.3, 0.4) is 0 Å². The van der Waals surface area contributed by atoms with E-state index in [0.717, 1.165) is 0 Å². The first kappa shape index (κ1) is 29.9. The molecule has 2 aromatic rings. The Kier molecular flexibility index (Phi) is 8.42. The summed E-state index contributed by atoms with van der Waals surface area (Å²) in [5.74, 6) is -3.21. The Balaban J connectivity index is 1.41. The van der Waals surface area contributed by atoms with Gasteiger partial charge in [0, 0.05) is 24.6 Å². The van der Waals surface area contributed by atoms with E-state index in [1.165, 1.54) is 18.1 Å². The molecule has 2 saturated heterocycles. The topological polar surface area (TPSA) is 130 Å². The molecule has 3 fully saturated rings. The summed E-state index contributed by atoms with van der Waals surface area (Å²) < 4.78 is 71.1. The van der Waals surface area contributed by atoms with E-state index in [-0.39, 0.29) is 48.0 Å². The van der Waals surface area contributed by atoms with Gasteiger partial charge in [0.2, 0.25) is 0 Å². The molecule has 1 N–H and O–H groups in total. The quantitative estimate of drug-likeness (QED) is 0.251. The molecule has 2 aliphatic heterocycles. The number of alkyl halides is 2. The lowest BCUT2D eigenvalue weighted by molar-refractivity contribution is -0.193. The fraction of sp³-hybridized carbons (Fsp3) is 0.708. The summed E-state index contributed by atoms with van der Waals surface area (Å²) in [5, 5.41) is 12.6. The van der Waals surface area contributed by atoms with Gasteiger partial charge in [0.1, 0.15) is 29.4 Å². The Morgan fingerprint density at radius 2 is 1.95 bits per heavy atom. The van der Waals surface area contributed by atoms with Crippen LogP contribution in [0.2, 0.25) is 5.15 Å². The maximum atomic E-state index is 13.5. The fourth-order valence-electron chi connectivity index (χ4n) is 5.21. The third kappa shape index (κ3) is 5.85. The lowest BCUT2D eigenvalue weighted by atomic mass is 9.88. The molecule has 0 bridgehead atoms. The van der Waals surface area contributed by atoms with Gasteiger partial charge >= 0.3 is 7.60 Å². The van der Waals surface area contributed by atoms with Crippen molar-refractivity contribution in [3.8, 4) is 6.07 Å². The second kappa shape index (κ2) is 11.3. The maximum Gasteiger partial charge on any atom is 0.340 e. The van der Waals surface area contributed by atoms with Crippen molar-refractivity contribution in [3.63, 3.8) is 0 Å². The second-order valence-corrected chi connectivity index (χ2v) is 14.1. The van der Waals surface area contributed by atoms with E-state index in [2.05, 4.69) is 15.3 Å². The Morgan fingerprint density at radius 3 is 2.58 bits per heavy atom. The number of pyridine rings is 1. The first-order valence-corrected chi connectivity index (χ1v) is 16.2. The average molecular weight is 622 g/mol. The van der Waals surface area contributed by atoms with E-state index in [1.54, 1.807) is 18.4 Å². The summed E-state index contributed by atoms with van der Waals surface area (Å²) in [7, 11) is -3.25. The van der Waals surface area contributed by atoms with Gasteiger partial charge in [-0.05, 0) is 27.7 Å². The lowest BCUT2D eigenvalue weighted by Crippen LogP contribution is -2.44. The third-order valence-corrected chi connectivity index (χ3v) is 10.9. The maximum absolute atomic E-state index is 13.5. The molecule has 4 atom stereocenters.